The summed E-state index contributed by atoms with van der Waals surface area (Å²) in [6.07, 6.45) is -6.50. The van der Waals surface area contributed by atoms with Crippen molar-refractivity contribution in [1.29, 1.82) is 0 Å². The molecule has 1 heterocycles. The zero-order chi connectivity index (χ0) is 28.3. The molecule has 1 aliphatic heterocycles. The number of carbonyl (C=O) groups excluding carboxylic acids is 1. The van der Waals surface area contributed by atoms with Crippen molar-refractivity contribution < 1.29 is 31.5 Å². The molecule has 5 atom stereocenters. The second-order valence-electron chi connectivity index (χ2n) is 12.6. The van der Waals surface area contributed by atoms with Crippen molar-refractivity contribution in [3.8, 4) is 0 Å². The van der Waals surface area contributed by atoms with Crippen LogP contribution in [0.5, 0.6) is 0 Å². The summed E-state index contributed by atoms with van der Waals surface area (Å²) < 4.78 is 72.4. The molecule has 218 valence electrons. The van der Waals surface area contributed by atoms with Gasteiger partial charge in [-0.1, -0.05) is 36.8 Å². The molecule has 4 aliphatic carbocycles. The molecule has 9 heteroatoms. The van der Waals surface area contributed by atoms with Crippen molar-refractivity contribution in [2.24, 2.45) is 17.3 Å². The number of carbonyl (C=O) groups is 1. The van der Waals surface area contributed by atoms with Gasteiger partial charge in [-0.2, -0.15) is 22.0 Å². The molecule has 5 aliphatic rings. The molecule has 0 spiro atoms. The zero-order valence-corrected chi connectivity index (χ0v) is 22.8. The molecule has 1 N–H and O–H groups in total. The summed E-state index contributed by atoms with van der Waals surface area (Å²) in [5.74, 6) is 0.0651. The highest BCUT2D eigenvalue weighted by Gasteiger charge is 2.65. The lowest BCUT2D eigenvalue weighted by atomic mass is 9.53. The Hall–Kier alpha value is -2.10. The molecule has 1 aromatic rings. The van der Waals surface area contributed by atoms with E-state index in [1.54, 1.807) is 6.08 Å². The third-order valence-corrected chi connectivity index (χ3v) is 10.3. The molecule has 3 fully saturated rings. The molecular weight excluding hydrogens is 527 g/mol. The zero-order valence-electron chi connectivity index (χ0n) is 22.8. The maximum Gasteiger partial charge on any atom is 0.482 e. The Morgan fingerprint density at radius 2 is 1.73 bits per heavy atom. The number of piperazine rings is 1. The van der Waals surface area contributed by atoms with Crippen LogP contribution in [-0.4, -0.2) is 55.3 Å². The van der Waals surface area contributed by atoms with Crippen LogP contribution in [0.15, 0.2) is 47.1 Å². The van der Waals surface area contributed by atoms with E-state index in [9.17, 15) is 26.7 Å². The van der Waals surface area contributed by atoms with E-state index in [1.807, 2.05) is 6.92 Å². The first-order valence-electron chi connectivity index (χ1n) is 14.6. The predicted molar refractivity (Wildman–Crippen MR) is 141 cm³/mol. The van der Waals surface area contributed by atoms with Crippen LogP contribution in [0.2, 0.25) is 0 Å². The number of benzene rings is 1. The van der Waals surface area contributed by atoms with E-state index in [0.717, 1.165) is 56.7 Å². The van der Waals surface area contributed by atoms with Gasteiger partial charge in [-0.3, -0.25) is 9.69 Å². The van der Waals surface area contributed by atoms with Gasteiger partial charge in [0.25, 0.3) is 0 Å². The van der Waals surface area contributed by atoms with E-state index >= 15 is 0 Å². The summed E-state index contributed by atoms with van der Waals surface area (Å²) in [6.45, 7) is 6.62. The van der Waals surface area contributed by atoms with E-state index in [1.165, 1.54) is 16.7 Å². The van der Waals surface area contributed by atoms with E-state index in [-0.39, 0.29) is 30.0 Å². The maximum absolute atomic E-state index is 14.2. The van der Waals surface area contributed by atoms with Crippen LogP contribution in [0.25, 0.3) is 0 Å². The van der Waals surface area contributed by atoms with Crippen LogP contribution in [0, 0.1) is 17.3 Å². The van der Waals surface area contributed by atoms with Gasteiger partial charge in [-0.15, -0.1) is 0 Å². The van der Waals surface area contributed by atoms with Crippen molar-refractivity contribution >= 4 is 5.78 Å². The molecule has 5 unspecified atom stereocenters. The molecule has 1 aromatic carbocycles. The first kappa shape index (κ1) is 28.0. The summed E-state index contributed by atoms with van der Waals surface area (Å²) in [6, 6.07) is 8.46. The first-order valence-corrected chi connectivity index (χ1v) is 14.6. The second kappa shape index (κ2) is 10.3. The number of ketones is 1. The summed E-state index contributed by atoms with van der Waals surface area (Å²) in [4.78, 5) is 14.6. The van der Waals surface area contributed by atoms with Gasteiger partial charge >= 0.3 is 12.3 Å². The van der Waals surface area contributed by atoms with Crippen LogP contribution in [0.3, 0.4) is 0 Å². The van der Waals surface area contributed by atoms with Crippen LogP contribution in [0.1, 0.15) is 68.9 Å². The normalized spacial score (nSPS) is 33.4. The average molecular weight is 565 g/mol. The first-order chi connectivity index (χ1) is 19.0. The number of nitrogens with one attached hydrogen (secondary N) is 1. The van der Waals surface area contributed by atoms with E-state index < -0.39 is 23.8 Å². The molecule has 0 radical (unpaired) electrons. The van der Waals surface area contributed by atoms with E-state index in [4.69, 9.17) is 0 Å². The lowest BCUT2D eigenvalue weighted by Crippen LogP contribution is -2.50. The molecule has 6 rings (SSSR count). The van der Waals surface area contributed by atoms with E-state index in [0.29, 0.717) is 25.7 Å². The Bertz CT molecular complexity index is 1200. The highest BCUT2D eigenvalue weighted by molar-refractivity contribution is 5.93. The lowest BCUT2D eigenvalue weighted by Gasteiger charge is -2.52. The third-order valence-electron chi connectivity index (χ3n) is 10.3. The number of allylic oxidation sites excluding steroid dienone is 4. The minimum absolute atomic E-state index is 0.0357. The minimum atomic E-state index is -5.75. The minimum Gasteiger partial charge on any atom is -0.314 e. The number of rotatable bonds is 5. The smallest absolute Gasteiger partial charge is 0.314 e. The summed E-state index contributed by atoms with van der Waals surface area (Å²) in [7, 11) is 0. The van der Waals surface area contributed by atoms with Crippen molar-refractivity contribution in [1.82, 2.24) is 10.2 Å². The largest absolute Gasteiger partial charge is 0.482 e. The lowest BCUT2D eigenvalue weighted by molar-refractivity contribution is -0.408. The Morgan fingerprint density at radius 1 is 1.00 bits per heavy atom. The van der Waals surface area contributed by atoms with Crippen molar-refractivity contribution in [3.05, 3.63) is 58.2 Å². The molecule has 0 bridgehead atoms. The summed E-state index contributed by atoms with van der Waals surface area (Å²) in [5.41, 5.74) is 5.02. The quantitative estimate of drug-likeness (QED) is 0.413. The highest BCUT2D eigenvalue weighted by atomic mass is 19.4. The molecule has 1 saturated heterocycles. The Labute approximate surface area is 232 Å². The van der Waals surface area contributed by atoms with Gasteiger partial charge in [-0.25, -0.2) is 0 Å². The molecule has 0 aromatic heterocycles. The van der Waals surface area contributed by atoms with Crippen molar-refractivity contribution in [2.75, 3.05) is 26.2 Å². The summed E-state index contributed by atoms with van der Waals surface area (Å²) in [5, 5.41) is 3.36. The monoisotopic (exact) mass is 564 g/mol. The van der Waals surface area contributed by atoms with Crippen molar-refractivity contribution in [3.63, 3.8) is 0 Å². The van der Waals surface area contributed by atoms with Gasteiger partial charge in [0.15, 0.2) is 5.78 Å². The number of alkyl halides is 5. The van der Waals surface area contributed by atoms with E-state index in [2.05, 4.69) is 39.2 Å². The van der Waals surface area contributed by atoms with Gasteiger partial charge < -0.3 is 10.1 Å². The van der Waals surface area contributed by atoms with Gasteiger partial charge in [-0.05, 0) is 84.1 Å². The van der Waals surface area contributed by atoms with Gasteiger partial charge in [0.1, 0.15) is 0 Å². The number of nitrogens with zero attached hydrogens (tertiary/aromatic N) is 1. The standard InChI is InChI=1S/C31H37F5N2O2/c1-29-17-25(20-4-2-19(3-5-20)18-38-14-12-37-13-15-38)28-23-9-7-22(39)16-21(23)6-8-24(28)26(29)10-11-27(29)40-31(35,36)30(32,33)34/h2-5,16,24-27,37H,6-15,17-18H2,1H3. The molecule has 0 amide bonds. The van der Waals surface area contributed by atoms with Crippen LogP contribution < -0.4 is 5.32 Å². The number of fused-ring (bicyclic) bond motifs is 4. The topological polar surface area (TPSA) is 41.6 Å². The second-order valence-corrected chi connectivity index (χ2v) is 12.6. The molecule has 2 saturated carbocycles. The molecular formula is C31H37F5N2O2. The molecule has 4 nitrogen and oxygen atoms in total. The van der Waals surface area contributed by atoms with Gasteiger partial charge in [0, 0.05) is 45.1 Å². The maximum atomic E-state index is 14.2. The number of hydrogen-bond acceptors (Lipinski definition) is 4. The highest BCUT2D eigenvalue weighted by Crippen LogP contribution is 2.65. The SMILES string of the molecule is CC12CC(c3ccc(CN4CCNCC4)cc3)C3=C4CCC(=O)C=C4CCC3C1CCC2OC(F)(F)C(F)(F)F. The van der Waals surface area contributed by atoms with Gasteiger partial charge in [0.2, 0.25) is 0 Å². The number of halogens is 5. The van der Waals surface area contributed by atoms with Crippen LogP contribution in [0.4, 0.5) is 22.0 Å². The fourth-order valence-electron chi connectivity index (χ4n) is 8.33. The Balaban J connectivity index is 1.35. The Morgan fingerprint density at radius 3 is 2.42 bits per heavy atom. The Kier molecular flexibility index (Phi) is 7.23. The number of ether oxygens (including phenoxy) is 1. The van der Waals surface area contributed by atoms with Gasteiger partial charge in [0.05, 0.1) is 6.10 Å². The summed E-state index contributed by atoms with van der Waals surface area (Å²) >= 11 is 0. The third kappa shape index (κ3) is 4.96. The van der Waals surface area contributed by atoms with Crippen LogP contribution in [-0.2, 0) is 16.1 Å². The fourth-order valence-corrected chi connectivity index (χ4v) is 8.33. The van der Waals surface area contributed by atoms with Crippen molar-refractivity contribution in [2.45, 2.75) is 82.7 Å². The average Bonchev–Trinajstić information content (AvgIpc) is 3.23. The number of hydrogen-bond donors (Lipinski definition) is 1. The van der Waals surface area contributed by atoms with Crippen LogP contribution >= 0.6 is 0 Å². The molecule has 40 heavy (non-hydrogen) atoms. The fraction of sp³-hybridized carbons (Fsp3) is 0.645. The predicted octanol–water partition coefficient (Wildman–Crippen LogP) is 6.53.